The molecule has 1 saturated heterocycles. The Hall–Kier alpha value is -1.41. The number of aromatic nitrogens is 2. The molecule has 1 aliphatic rings. The molecule has 0 radical (unpaired) electrons. The summed E-state index contributed by atoms with van der Waals surface area (Å²) in [4.78, 5) is 15.7. The van der Waals surface area contributed by atoms with E-state index in [0.717, 1.165) is 43.3 Å². The number of hydrogen-bond donors (Lipinski definition) is 1. The first-order chi connectivity index (χ1) is 10.2. The Morgan fingerprint density at radius 1 is 1.33 bits per heavy atom. The van der Waals surface area contributed by atoms with Gasteiger partial charge in [-0.3, -0.25) is 4.90 Å². The van der Waals surface area contributed by atoms with Gasteiger partial charge in [-0.2, -0.15) is 0 Å². The predicted octanol–water partition coefficient (Wildman–Crippen LogP) is 1.63. The van der Waals surface area contributed by atoms with Crippen molar-refractivity contribution in [3.8, 4) is 0 Å². The van der Waals surface area contributed by atoms with Crippen molar-refractivity contribution in [2.24, 2.45) is 0 Å². The summed E-state index contributed by atoms with van der Waals surface area (Å²) >= 11 is 1.41. The molecule has 0 saturated carbocycles. The quantitative estimate of drug-likeness (QED) is 0.861. The summed E-state index contributed by atoms with van der Waals surface area (Å²) in [6.45, 7) is 9.18. The fraction of sp³-hybridized carbons (Fsp3) is 0.769. The van der Waals surface area contributed by atoms with Gasteiger partial charge in [0.1, 0.15) is 10.7 Å². The fourth-order valence-electron chi connectivity index (χ4n) is 2.20. The van der Waals surface area contributed by atoms with Gasteiger partial charge >= 0.3 is 6.09 Å². The predicted molar refractivity (Wildman–Crippen MR) is 82.6 cm³/mol. The molecule has 1 aliphatic heterocycles. The number of hydrogen-bond acceptors (Lipinski definition) is 7. The number of amides is 1. The van der Waals surface area contributed by atoms with Gasteiger partial charge < -0.3 is 15.0 Å². The lowest BCUT2D eigenvalue weighted by Gasteiger charge is -2.33. The lowest BCUT2D eigenvalue weighted by Crippen LogP contribution is -2.48. The van der Waals surface area contributed by atoms with E-state index in [2.05, 4.69) is 26.7 Å². The van der Waals surface area contributed by atoms with E-state index in [1.54, 1.807) is 4.90 Å². The molecule has 0 spiro atoms. The van der Waals surface area contributed by atoms with E-state index >= 15 is 0 Å². The van der Waals surface area contributed by atoms with Crippen LogP contribution in [0.3, 0.4) is 0 Å². The number of nitrogens with zero attached hydrogens (tertiary/aromatic N) is 4. The molecule has 2 heterocycles. The second kappa shape index (κ2) is 8.14. The van der Waals surface area contributed by atoms with Crippen LogP contribution in [0.5, 0.6) is 0 Å². The van der Waals surface area contributed by atoms with Crippen LogP contribution < -0.4 is 5.32 Å². The smallest absolute Gasteiger partial charge is 0.409 e. The van der Waals surface area contributed by atoms with Crippen LogP contribution in [-0.2, 0) is 11.3 Å². The highest BCUT2D eigenvalue weighted by Crippen LogP contribution is 2.20. The Morgan fingerprint density at radius 2 is 2.10 bits per heavy atom. The summed E-state index contributed by atoms with van der Waals surface area (Å²) in [5, 5.41) is 8.62. The van der Waals surface area contributed by atoms with E-state index in [-0.39, 0.29) is 6.09 Å². The number of carbonyl (C=O) groups excluding carboxylic acids is 1. The van der Waals surface area contributed by atoms with E-state index in [9.17, 15) is 4.79 Å². The molecule has 2 rings (SSSR count). The minimum absolute atomic E-state index is 0.210. The average Bonchev–Trinajstić information content (AvgIpc) is 2.93. The summed E-state index contributed by atoms with van der Waals surface area (Å²) in [6, 6.07) is 0. The lowest BCUT2D eigenvalue weighted by atomic mass is 10.3. The molecule has 21 heavy (non-hydrogen) atoms. The van der Waals surface area contributed by atoms with Gasteiger partial charge in [0, 0.05) is 50.8 Å². The minimum Gasteiger partial charge on any atom is -0.450 e. The molecule has 0 bridgehead atoms. The van der Waals surface area contributed by atoms with Crippen LogP contribution >= 0.6 is 11.5 Å². The average molecular weight is 313 g/mol. The van der Waals surface area contributed by atoms with E-state index in [1.807, 2.05) is 6.92 Å². The van der Waals surface area contributed by atoms with Crippen molar-refractivity contribution in [3.05, 3.63) is 5.69 Å². The Balaban J connectivity index is 1.81. The zero-order chi connectivity index (χ0) is 15.1. The highest BCUT2D eigenvalue weighted by molar-refractivity contribution is 7.10. The molecule has 0 aliphatic carbocycles. The normalized spacial score (nSPS) is 16.0. The van der Waals surface area contributed by atoms with E-state index in [1.165, 1.54) is 11.5 Å². The van der Waals surface area contributed by atoms with Gasteiger partial charge in [0.2, 0.25) is 0 Å². The van der Waals surface area contributed by atoms with E-state index in [0.29, 0.717) is 19.7 Å². The van der Waals surface area contributed by atoms with Crippen LogP contribution in [0, 0.1) is 0 Å². The van der Waals surface area contributed by atoms with E-state index < -0.39 is 0 Å². The zero-order valence-corrected chi connectivity index (χ0v) is 13.5. The summed E-state index contributed by atoms with van der Waals surface area (Å²) in [6.07, 6.45) is 0.869. The van der Waals surface area contributed by atoms with Crippen molar-refractivity contribution < 1.29 is 9.53 Å². The number of carbonyl (C=O) groups is 1. The summed E-state index contributed by atoms with van der Waals surface area (Å²) < 4.78 is 9.05. The van der Waals surface area contributed by atoms with Crippen molar-refractivity contribution in [2.45, 2.75) is 26.8 Å². The molecule has 0 unspecified atom stereocenters. The van der Waals surface area contributed by atoms with Crippen LogP contribution in [-0.4, -0.2) is 64.8 Å². The van der Waals surface area contributed by atoms with Crippen LogP contribution in [0.2, 0.25) is 0 Å². The Labute approximate surface area is 129 Å². The van der Waals surface area contributed by atoms with Crippen molar-refractivity contribution >= 4 is 22.6 Å². The van der Waals surface area contributed by atoms with Crippen LogP contribution in [0.25, 0.3) is 0 Å². The molecule has 1 aromatic rings. The van der Waals surface area contributed by atoms with E-state index in [4.69, 9.17) is 4.74 Å². The highest BCUT2D eigenvalue weighted by Gasteiger charge is 2.23. The third kappa shape index (κ3) is 4.53. The third-order valence-corrected chi connectivity index (χ3v) is 4.09. The van der Waals surface area contributed by atoms with Crippen molar-refractivity contribution in [1.82, 2.24) is 19.4 Å². The topological polar surface area (TPSA) is 70.6 Å². The fourth-order valence-corrected chi connectivity index (χ4v) is 2.80. The molecule has 1 aromatic heterocycles. The van der Waals surface area contributed by atoms with Gasteiger partial charge in [-0.1, -0.05) is 11.4 Å². The molecule has 7 nitrogen and oxygen atoms in total. The van der Waals surface area contributed by atoms with Crippen LogP contribution in [0.15, 0.2) is 0 Å². The summed E-state index contributed by atoms with van der Waals surface area (Å²) in [5.41, 5.74) is 0.998. The standard InChI is InChI=1S/C13H23N5O2S/c1-3-5-14-12-11(15-16-21-12)10-17-6-8-18(9-7-17)13(19)20-4-2/h14H,3-10H2,1-2H3. The Kier molecular flexibility index (Phi) is 6.19. The largest absolute Gasteiger partial charge is 0.450 e. The first kappa shape index (κ1) is 16.0. The maximum absolute atomic E-state index is 11.6. The van der Waals surface area contributed by atoms with Gasteiger partial charge in [0.15, 0.2) is 0 Å². The number of nitrogens with one attached hydrogen (secondary N) is 1. The van der Waals surface area contributed by atoms with Gasteiger partial charge in [0.05, 0.1) is 6.61 Å². The Morgan fingerprint density at radius 3 is 2.76 bits per heavy atom. The van der Waals surface area contributed by atoms with Gasteiger partial charge in [0.25, 0.3) is 0 Å². The van der Waals surface area contributed by atoms with Crippen molar-refractivity contribution in [1.29, 1.82) is 0 Å². The molecule has 0 aromatic carbocycles. The lowest BCUT2D eigenvalue weighted by molar-refractivity contribution is 0.0775. The van der Waals surface area contributed by atoms with Crippen molar-refractivity contribution in [3.63, 3.8) is 0 Å². The molecular weight excluding hydrogens is 290 g/mol. The maximum Gasteiger partial charge on any atom is 0.409 e. The molecule has 118 valence electrons. The molecular formula is C13H23N5O2S. The molecule has 1 N–H and O–H groups in total. The third-order valence-electron chi connectivity index (χ3n) is 3.36. The number of piperazine rings is 1. The first-order valence-corrected chi connectivity index (χ1v) is 8.21. The highest BCUT2D eigenvalue weighted by atomic mass is 32.1. The van der Waals surface area contributed by atoms with Crippen molar-refractivity contribution in [2.75, 3.05) is 44.6 Å². The molecule has 8 heteroatoms. The van der Waals surface area contributed by atoms with Crippen LogP contribution in [0.1, 0.15) is 26.0 Å². The first-order valence-electron chi connectivity index (χ1n) is 7.43. The minimum atomic E-state index is -0.210. The van der Waals surface area contributed by atoms with Gasteiger partial charge in [-0.15, -0.1) is 5.10 Å². The van der Waals surface area contributed by atoms with Gasteiger partial charge in [-0.25, -0.2) is 4.79 Å². The molecule has 0 atom stereocenters. The number of anilines is 1. The molecule has 1 fully saturated rings. The van der Waals surface area contributed by atoms with Gasteiger partial charge in [-0.05, 0) is 13.3 Å². The zero-order valence-electron chi connectivity index (χ0n) is 12.7. The molecule has 1 amide bonds. The Bertz CT molecular complexity index is 446. The number of ether oxygens (including phenoxy) is 1. The summed E-state index contributed by atoms with van der Waals surface area (Å²) in [5.74, 6) is 0. The van der Waals surface area contributed by atoms with Crippen LogP contribution in [0.4, 0.5) is 9.80 Å². The second-order valence-corrected chi connectivity index (χ2v) is 5.69. The SMILES string of the molecule is CCCNc1snnc1CN1CCN(C(=O)OCC)CC1. The second-order valence-electron chi connectivity index (χ2n) is 4.94. The maximum atomic E-state index is 11.6. The monoisotopic (exact) mass is 313 g/mol. The number of rotatable bonds is 6. The summed E-state index contributed by atoms with van der Waals surface area (Å²) in [7, 11) is 0.